The highest BCUT2D eigenvalue weighted by Gasteiger charge is 2.32. The monoisotopic (exact) mass is 432 g/mol. The Kier molecular flexibility index (Phi) is 5.08. The van der Waals surface area contributed by atoms with Crippen molar-refractivity contribution in [3.05, 3.63) is 105 Å². The zero-order valence-corrected chi connectivity index (χ0v) is 17.4. The molecule has 1 unspecified atom stereocenters. The molecule has 156 valence electrons. The van der Waals surface area contributed by atoms with Crippen molar-refractivity contribution in [2.24, 2.45) is 0 Å². The normalized spacial score (nSPS) is 13.0. The summed E-state index contributed by atoms with van der Waals surface area (Å²) in [6, 6.07) is 16.9. The van der Waals surface area contributed by atoms with Crippen LogP contribution in [0.3, 0.4) is 0 Å². The Hall–Kier alpha value is -3.38. The summed E-state index contributed by atoms with van der Waals surface area (Å²) < 4.78 is 10.8. The van der Waals surface area contributed by atoms with Crippen molar-refractivity contribution in [3.63, 3.8) is 0 Å². The number of thioether (sulfide) groups is 1. The van der Waals surface area contributed by atoms with Gasteiger partial charge >= 0.3 is 5.63 Å². The van der Waals surface area contributed by atoms with Crippen LogP contribution >= 0.6 is 11.8 Å². The predicted octanol–water partition coefficient (Wildman–Crippen LogP) is 5.43. The van der Waals surface area contributed by atoms with Crippen LogP contribution in [0.2, 0.25) is 0 Å². The first-order chi connectivity index (χ1) is 15.1. The summed E-state index contributed by atoms with van der Waals surface area (Å²) in [5.74, 6) is 0.896. The van der Waals surface area contributed by atoms with Gasteiger partial charge in [0.15, 0.2) is 0 Å². The highest BCUT2D eigenvalue weighted by atomic mass is 32.2. The molecule has 0 fully saturated rings. The van der Waals surface area contributed by atoms with Gasteiger partial charge in [-0.15, -0.1) is 11.8 Å². The molecule has 0 saturated heterocycles. The molecule has 5 rings (SSSR count). The molecular weight excluding hydrogens is 412 g/mol. The molecule has 0 bridgehead atoms. The first-order valence-corrected chi connectivity index (χ1v) is 11.0. The van der Waals surface area contributed by atoms with E-state index in [-0.39, 0.29) is 28.1 Å². The number of fused-ring (bicyclic) bond motifs is 3. The number of aromatic hydroxyl groups is 2. The quantitative estimate of drug-likeness (QED) is 0.372. The van der Waals surface area contributed by atoms with Gasteiger partial charge in [-0.25, -0.2) is 4.79 Å². The van der Waals surface area contributed by atoms with E-state index in [4.69, 9.17) is 8.83 Å². The van der Waals surface area contributed by atoms with Crippen molar-refractivity contribution >= 4 is 11.8 Å². The fourth-order valence-electron chi connectivity index (χ4n) is 4.06. The third kappa shape index (κ3) is 3.64. The van der Waals surface area contributed by atoms with Gasteiger partial charge in [0.1, 0.15) is 17.3 Å². The van der Waals surface area contributed by atoms with Crippen LogP contribution in [-0.2, 0) is 18.6 Å². The van der Waals surface area contributed by atoms with Crippen LogP contribution in [0.15, 0.2) is 80.8 Å². The molecule has 2 aromatic carbocycles. The molecule has 1 aliphatic rings. The van der Waals surface area contributed by atoms with Gasteiger partial charge in [-0.2, -0.15) is 0 Å². The maximum Gasteiger partial charge on any atom is 0.344 e. The predicted molar refractivity (Wildman–Crippen MR) is 119 cm³/mol. The Morgan fingerprint density at radius 1 is 1.00 bits per heavy atom. The second-order valence-electron chi connectivity index (χ2n) is 7.57. The van der Waals surface area contributed by atoms with Crippen molar-refractivity contribution < 1.29 is 19.0 Å². The number of hydrogen-bond donors (Lipinski definition) is 2. The number of hydrogen-bond acceptors (Lipinski definition) is 6. The van der Waals surface area contributed by atoms with E-state index in [1.54, 1.807) is 36.4 Å². The van der Waals surface area contributed by atoms with Crippen molar-refractivity contribution in [1.29, 1.82) is 0 Å². The lowest BCUT2D eigenvalue weighted by molar-refractivity contribution is 0.432. The van der Waals surface area contributed by atoms with Gasteiger partial charge in [-0.1, -0.05) is 42.5 Å². The largest absolute Gasteiger partial charge is 0.507 e. The van der Waals surface area contributed by atoms with E-state index in [1.807, 2.05) is 42.5 Å². The van der Waals surface area contributed by atoms with Crippen molar-refractivity contribution in [2.75, 3.05) is 0 Å². The Morgan fingerprint density at radius 3 is 2.61 bits per heavy atom. The first-order valence-electron chi connectivity index (χ1n) is 9.98. The molecule has 5 nitrogen and oxygen atoms in total. The Labute approximate surface area is 183 Å². The fraction of sp³-hybridized carbons (Fsp3) is 0.160. The molecule has 2 N–H and O–H groups in total. The number of phenolic OH excluding ortho intramolecular Hbond substituents is 1. The summed E-state index contributed by atoms with van der Waals surface area (Å²) in [5.41, 5.74) is 3.63. The molecule has 0 amide bonds. The minimum absolute atomic E-state index is 0.0394. The second kappa shape index (κ2) is 8.04. The van der Waals surface area contributed by atoms with Crippen molar-refractivity contribution in [2.45, 2.75) is 23.8 Å². The second-order valence-corrected chi connectivity index (χ2v) is 8.76. The molecule has 1 atom stereocenters. The van der Waals surface area contributed by atoms with Crippen LogP contribution in [0.5, 0.6) is 11.5 Å². The highest BCUT2D eigenvalue weighted by molar-refractivity contribution is 7.98. The zero-order valence-electron chi connectivity index (χ0n) is 16.6. The van der Waals surface area contributed by atoms with Gasteiger partial charge in [0.05, 0.1) is 23.7 Å². The van der Waals surface area contributed by atoms with Gasteiger partial charge < -0.3 is 19.0 Å². The maximum atomic E-state index is 13.1. The molecule has 1 aliphatic carbocycles. The van der Waals surface area contributed by atoms with Gasteiger partial charge in [-0.05, 0) is 29.7 Å². The average Bonchev–Trinajstić information content (AvgIpc) is 3.41. The van der Waals surface area contributed by atoms with E-state index in [2.05, 4.69) is 0 Å². The minimum atomic E-state index is -0.576. The lowest BCUT2D eigenvalue weighted by Crippen LogP contribution is -2.14. The molecule has 0 spiro atoms. The van der Waals surface area contributed by atoms with Gasteiger partial charge in [0.2, 0.25) is 0 Å². The number of benzene rings is 2. The third-order valence-electron chi connectivity index (χ3n) is 5.57. The van der Waals surface area contributed by atoms with Crippen LogP contribution in [0.25, 0.3) is 11.3 Å². The SMILES string of the molecule is O=c1oc2c(c(O)c1C(Cc1ccccc1)SCc1ccoc1)Cc1cccc(O)c1-2. The molecule has 0 radical (unpaired) electrons. The maximum absolute atomic E-state index is 13.1. The van der Waals surface area contributed by atoms with E-state index in [0.29, 0.717) is 29.7 Å². The Balaban J connectivity index is 1.57. The number of rotatable bonds is 6. The summed E-state index contributed by atoms with van der Waals surface area (Å²) in [4.78, 5) is 13.1. The lowest BCUT2D eigenvalue weighted by atomic mass is 10.0. The molecule has 0 saturated carbocycles. The van der Waals surface area contributed by atoms with E-state index in [0.717, 1.165) is 16.7 Å². The van der Waals surface area contributed by atoms with Crippen LogP contribution < -0.4 is 5.63 Å². The molecule has 6 heteroatoms. The first kappa shape index (κ1) is 19.6. The smallest absolute Gasteiger partial charge is 0.344 e. The molecule has 31 heavy (non-hydrogen) atoms. The van der Waals surface area contributed by atoms with E-state index >= 15 is 0 Å². The summed E-state index contributed by atoms with van der Waals surface area (Å²) in [5, 5.41) is 21.1. The lowest BCUT2D eigenvalue weighted by Gasteiger charge is -2.18. The average molecular weight is 432 g/mol. The van der Waals surface area contributed by atoms with Gasteiger partial charge in [0.25, 0.3) is 0 Å². The minimum Gasteiger partial charge on any atom is -0.507 e. The number of phenols is 1. The molecule has 2 aromatic heterocycles. The van der Waals surface area contributed by atoms with Crippen molar-refractivity contribution in [1.82, 2.24) is 0 Å². The molecule has 0 aliphatic heterocycles. The summed E-state index contributed by atoms with van der Waals surface area (Å²) in [7, 11) is 0. The topological polar surface area (TPSA) is 83.8 Å². The zero-order chi connectivity index (χ0) is 21.4. The Morgan fingerprint density at radius 2 is 1.84 bits per heavy atom. The molecule has 2 heterocycles. The van der Waals surface area contributed by atoms with Crippen LogP contribution in [0.4, 0.5) is 0 Å². The van der Waals surface area contributed by atoms with E-state index < -0.39 is 5.63 Å². The molecular formula is C25H20O5S. The summed E-state index contributed by atoms with van der Waals surface area (Å²) >= 11 is 1.56. The molecule has 4 aromatic rings. The summed E-state index contributed by atoms with van der Waals surface area (Å²) in [6.07, 6.45) is 4.27. The third-order valence-corrected chi connectivity index (χ3v) is 6.87. The standard InChI is InChI=1S/C25H20O5S/c26-19-8-4-7-17-12-18-23(27)22(25(28)30-24(18)21(17)19)20(11-15-5-2-1-3-6-15)31-14-16-9-10-29-13-16/h1-10,13,20,26-27H,11-12,14H2. The number of furan rings is 1. The van der Waals surface area contributed by atoms with Gasteiger partial charge in [0, 0.05) is 28.6 Å². The highest BCUT2D eigenvalue weighted by Crippen LogP contribution is 2.48. The van der Waals surface area contributed by atoms with Gasteiger partial charge in [-0.3, -0.25) is 0 Å². The van der Waals surface area contributed by atoms with Crippen LogP contribution in [0.1, 0.15) is 33.1 Å². The fourth-order valence-corrected chi connectivity index (χ4v) is 5.30. The summed E-state index contributed by atoms with van der Waals surface area (Å²) in [6.45, 7) is 0. The van der Waals surface area contributed by atoms with E-state index in [9.17, 15) is 15.0 Å². The van der Waals surface area contributed by atoms with Crippen LogP contribution in [-0.4, -0.2) is 10.2 Å². The van der Waals surface area contributed by atoms with Crippen molar-refractivity contribution in [3.8, 4) is 22.8 Å². The van der Waals surface area contributed by atoms with E-state index in [1.165, 1.54) is 0 Å². The Bertz CT molecular complexity index is 1280. The van der Waals surface area contributed by atoms with Crippen LogP contribution in [0, 0.1) is 0 Å².